The van der Waals surface area contributed by atoms with Crippen molar-refractivity contribution in [3.8, 4) is 0 Å². The minimum Gasteiger partial charge on any atom is -0.480 e. The first-order valence-electron chi connectivity index (χ1n) is 6.24. The van der Waals surface area contributed by atoms with Crippen LogP contribution >= 0.6 is 0 Å². The van der Waals surface area contributed by atoms with Crippen LogP contribution in [0.4, 0.5) is 19.3 Å². The van der Waals surface area contributed by atoms with Gasteiger partial charge in [-0.1, -0.05) is 0 Å². The van der Waals surface area contributed by atoms with E-state index in [0.29, 0.717) is 12.8 Å². The van der Waals surface area contributed by atoms with Gasteiger partial charge in [0, 0.05) is 12.6 Å². The van der Waals surface area contributed by atoms with E-state index in [0.717, 1.165) is 29.5 Å². The van der Waals surface area contributed by atoms with Gasteiger partial charge in [0.25, 0.3) is 0 Å². The average Bonchev–Trinajstić information content (AvgIpc) is 2.42. The van der Waals surface area contributed by atoms with Crippen molar-refractivity contribution in [2.45, 2.75) is 25.3 Å². The molecule has 5 nitrogen and oxygen atoms in total. The van der Waals surface area contributed by atoms with Crippen molar-refractivity contribution < 1.29 is 23.5 Å². The van der Waals surface area contributed by atoms with E-state index in [1.165, 1.54) is 0 Å². The monoisotopic (exact) mass is 284 g/mol. The van der Waals surface area contributed by atoms with Crippen LogP contribution in [0.1, 0.15) is 19.3 Å². The molecule has 1 fully saturated rings. The lowest BCUT2D eigenvalue weighted by Crippen LogP contribution is -2.49. The van der Waals surface area contributed by atoms with Gasteiger partial charge in [-0.25, -0.2) is 18.4 Å². The largest absolute Gasteiger partial charge is 0.480 e. The third-order valence-corrected chi connectivity index (χ3v) is 3.22. The van der Waals surface area contributed by atoms with Crippen molar-refractivity contribution in [1.82, 2.24) is 4.90 Å². The van der Waals surface area contributed by atoms with Crippen LogP contribution in [0.5, 0.6) is 0 Å². The zero-order valence-electron chi connectivity index (χ0n) is 10.6. The summed E-state index contributed by atoms with van der Waals surface area (Å²) in [7, 11) is 0. The molecule has 1 aliphatic rings. The number of likely N-dealkylation sites (tertiary alicyclic amines) is 1. The van der Waals surface area contributed by atoms with Gasteiger partial charge in [-0.05, 0) is 31.4 Å². The number of aliphatic carboxylic acids is 1. The highest BCUT2D eigenvalue weighted by molar-refractivity contribution is 5.92. The predicted octanol–water partition coefficient (Wildman–Crippen LogP) is 2.44. The number of benzene rings is 1. The van der Waals surface area contributed by atoms with E-state index in [1.54, 1.807) is 0 Å². The molecule has 2 rings (SSSR count). The quantitative estimate of drug-likeness (QED) is 0.876. The molecule has 0 bridgehead atoms. The Morgan fingerprint density at radius 3 is 2.75 bits per heavy atom. The molecule has 0 spiro atoms. The van der Waals surface area contributed by atoms with Crippen molar-refractivity contribution in [1.29, 1.82) is 0 Å². The summed E-state index contributed by atoms with van der Waals surface area (Å²) >= 11 is 0. The standard InChI is InChI=1S/C13H14F2N2O3/c14-8-4-5-9(15)10(7-8)16-13(20)17-6-2-1-3-11(17)12(18)19/h4-5,7,11H,1-3,6H2,(H,16,20)(H,18,19). The Morgan fingerprint density at radius 1 is 1.30 bits per heavy atom. The van der Waals surface area contributed by atoms with E-state index in [1.807, 2.05) is 0 Å². The van der Waals surface area contributed by atoms with Crippen LogP contribution in [0.15, 0.2) is 18.2 Å². The third-order valence-electron chi connectivity index (χ3n) is 3.22. The van der Waals surface area contributed by atoms with Crippen LogP contribution in [0, 0.1) is 11.6 Å². The van der Waals surface area contributed by atoms with Gasteiger partial charge < -0.3 is 15.3 Å². The number of nitrogens with zero attached hydrogens (tertiary/aromatic N) is 1. The molecule has 0 aliphatic carbocycles. The molecule has 20 heavy (non-hydrogen) atoms. The van der Waals surface area contributed by atoms with Crippen molar-refractivity contribution >= 4 is 17.7 Å². The van der Waals surface area contributed by atoms with E-state index in [2.05, 4.69) is 5.32 Å². The lowest BCUT2D eigenvalue weighted by molar-refractivity contribution is -0.143. The maximum Gasteiger partial charge on any atom is 0.326 e. The molecule has 2 amide bonds. The van der Waals surface area contributed by atoms with E-state index in [-0.39, 0.29) is 12.2 Å². The number of amides is 2. The van der Waals surface area contributed by atoms with Crippen LogP contribution in [0.25, 0.3) is 0 Å². The molecule has 1 unspecified atom stereocenters. The van der Waals surface area contributed by atoms with Gasteiger partial charge in [0.2, 0.25) is 0 Å². The van der Waals surface area contributed by atoms with Gasteiger partial charge in [-0.3, -0.25) is 0 Å². The number of halogens is 2. The zero-order chi connectivity index (χ0) is 14.7. The van der Waals surface area contributed by atoms with Gasteiger partial charge in [-0.2, -0.15) is 0 Å². The normalized spacial score (nSPS) is 18.7. The van der Waals surface area contributed by atoms with Crippen molar-refractivity contribution in [3.05, 3.63) is 29.8 Å². The zero-order valence-corrected chi connectivity index (χ0v) is 10.6. The molecule has 1 aromatic carbocycles. The van der Waals surface area contributed by atoms with Crippen molar-refractivity contribution in [3.63, 3.8) is 0 Å². The topological polar surface area (TPSA) is 69.6 Å². The lowest BCUT2D eigenvalue weighted by atomic mass is 10.0. The number of nitrogens with one attached hydrogen (secondary N) is 1. The number of carbonyl (C=O) groups excluding carboxylic acids is 1. The van der Waals surface area contributed by atoms with Gasteiger partial charge >= 0.3 is 12.0 Å². The highest BCUT2D eigenvalue weighted by Crippen LogP contribution is 2.20. The maximum atomic E-state index is 13.4. The number of rotatable bonds is 2. The number of hydrogen-bond donors (Lipinski definition) is 2. The summed E-state index contributed by atoms with van der Waals surface area (Å²) in [6.45, 7) is 0.278. The summed E-state index contributed by atoms with van der Waals surface area (Å²) in [5, 5.41) is 11.3. The molecule has 0 saturated carbocycles. The second kappa shape index (κ2) is 5.85. The number of carbonyl (C=O) groups is 2. The predicted molar refractivity (Wildman–Crippen MR) is 67.4 cm³/mol. The number of carboxylic acids is 1. The first kappa shape index (κ1) is 14.2. The highest BCUT2D eigenvalue weighted by Gasteiger charge is 2.32. The van der Waals surface area contributed by atoms with Crippen LogP contribution in [-0.2, 0) is 4.79 Å². The highest BCUT2D eigenvalue weighted by atomic mass is 19.1. The molecule has 1 saturated heterocycles. The summed E-state index contributed by atoms with van der Waals surface area (Å²) in [6, 6.07) is 1.02. The number of urea groups is 1. The number of hydrogen-bond acceptors (Lipinski definition) is 2. The van der Waals surface area contributed by atoms with Crippen LogP contribution in [-0.4, -0.2) is 34.6 Å². The summed E-state index contributed by atoms with van der Waals surface area (Å²) < 4.78 is 26.5. The molecule has 1 heterocycles. The van der Waals surface area contributed by atoms with E-state index in [4.69, 9.17) is 5.11 Å². The van der Waals surface area contributed by atoms with E-state index >= 15 is 0 Å². The molecule has 1 atom stereocenters. The minimum absolute atomic E-state index is 0.278. The van der Waals surface area contributed by atoms with Gasteiger partial charge in [0.05, 0.1) is 5.69 Å². The number of anilines is 1. The third kappa shape index (κ3) is 3.04. The Kier molecular flexibility index (Phi) is 4.16. The number of carboxylic acid groups (broad SMARTS) is 1. The SMILES string of the molecule is O=C(O)C1CCCCN1C(=O)Nc1cc(F)ccc1F. The lowest BCUT2D eigenvalue weighted by Gasteiger charge is -2.32. The molecule has 1 aliphatic heterocycles. The van der Waals surface area contributed by atoms with Crippen LogP contribution in [0.2, 0.25) is 0 Å². The summed E-state index contributed by atoms with van der Waals surface area (Å²) in [6.07, 6.45) is 1.76. The molecule has 1 aromatic rings. The molecule has 0 radical (unpaired) electrons. The first-order valence-corrected chi connectivity index (χ1v) is 6.24. The van der Waals surface area contributed by atoms with Crippen LogP contribution < -0.4 is 5.32 Å². The molecular formula is C13H14F2N2O3. The molecule has 0 aromatic heterocycles. The summed E-state index contributed by atoms with van der Waals surface area (Å²) in [5.74, 6) is -2.56. The van der Waals surface area contributed by atoms with Gasteiger partial charge in [0.1, 0.15) is 17.7 Å². The van der Waals surface area contributed by atoms with Crippen molar-refractivity contribution in [2.24, 2.45) is 0 Å². The molecule has 108 valence electrons. The fourth-order valence-corrected chi connectivity index (χ4v) is 2.21. The first-order chi connectivity index (χ1) is 9.49. The number of piperidine rings is 1. The van der Waals surface area contributed by atoms with Gasteiger partial charge in [0.15, 0.2) is 0 Å². The average molecular weight is 284 g/mol. The Hall–Kier alpha value is -2.18. The second-order valence-corrected chi connectivity index (χ2v) is 4.60. The fourth-order valence-electron chi connectivity index (χ4n) is 2.21. The van der Waals surface area contributed by atoms with E-state index < -0.39 is 29.7 Å². The summed E-state index contributed by atoms with van der Waals surface area (Å²) in [5.41, 5.74) is -0.301. The molecule has 7 heteroatoms. The molecule has 2 N–H and O–H groups in total. The Labute approximate surface area is 114 Å². The minimum atomic E-state index is -1.10. The Bertz CT molecular complexity index is 536. The van der Waals surface area contributed by atoms with E-state index in [9.17, 15) is 18.4 Å². The summed E-state index contributed by atoms with van der Waals surface area (Å²) in [4.78, 5) is 24.2. The van der Waals surface area contributed by atoms with Crippen molar-refractivity contribution in [2.75, 3.05) is 11.9 Å². The van der Waals surface area contributed by atoms with Gasteiger partial charge in [-0.15, -0.1) is 0 Å². The molecular weight excluding hydrogens is 270 g/mol. The van der Waals surface area contributed by atoms with Crippen LogP contribution in [0.3, 0.4) is 0 Å². The second-order valence-electron chi connectivity index (χ2n) is 4.60. The Morgan fingerprint density at radius 2 is 2.05 bits per heavy atom. The Balaban J connectivity index is 2.14. The fraction of sp³-hybridized carbons (Fsp3) is 0.385. The smallest absolute Gasteiger partial charge is 0.326 e. The maximum absolute atomic E-state index is 13.4.